The Hall–Kier alpha value is -2.48. The fraction of sp³-hybridized carbons (Fsp3) is 0.385. The van der Waals surface area contributed by atoms with E-state index in [9.17, 15) is 4.79 Å². The number of aromatic amines is 1. The Balaban J connectivity index is 2.26. The standard InChI is InChI=1S/C13H19N7O/c1-8(2)12-17-6-9(19-14)11(18-12)13(21)20(3)7-10-15-4-5-16-10/h4-6,8,19H,7,14H2,1-3H3,(H,15,16). The largest absolute Gasteiger partial charge is 0.347 e. The number of carbonyl (C=O) groups excluding carboxylic acids is 1. The van der Waals surface area contributed by atoms with Crippen molar-refractivity contribution in [2.75, 3.05) is 12.5 Å². The van der Waals surface area contributed by atoms with Gasteiger partial charge in [0.25, 0.3) is 5.91 Å². The number of nitrogen functional groups attached to an aromatic ring is 1. The van der Waals surface area contributed by atoms with E-state index in [1.807, 2.05) is 13.8 Å². The van der Waals surface area contributed by atoms with Gasteiger partial charge in [-0.15, -0.1) is 0 Å². The molecule has 21 heavy (non-hydrogen) atoms. The predicted octanol–water partition coefficient (Wildman–Crippen LogP) is 0.881. The van der Waals surface area contributed by atoms with E-state index in [1.54, 1.807) is 19.4 Å². The molecular weight excluding hydrogens is 270 g/mol. The molecule has 0 aliphatic carbocycles. The monoisotopic (exact) mass is 289 g/mol. The smallest absolute Gasteiger partial charge is 0.274 e. The molecule has 8 heteroatoms. The van der Waals surface area contributed by atoms with Gasteiger partial charge < -0.3 is 15.3 Å². The first-order chi connectivity index (χ1) is 10.0. The molecule has 0 aliphatic rings. The molecule has 2 rings (SSSR count). The van der Waals surface area contributed by atoms with Crippen LogP contribution < -0.4 is 11.3 Å². The molecule has 1 amide bonds. The number of anilines is 1. The van der Waals surface area contributed by atoms with Crippen LogP contribution in [-0.2, 0) is 6.54 Å². The van der Waals surface area contributed by atoms with Gasteiger partial charge >= 0.3 is 0 Å². The molecule has 0 atom stereocenters. The molecule has 0 fully saturated rings. The van der Waals surface area contributed by atoms with Gasteiger partial charge in [0.2, 0.25) is 0 Å². The Labute approximate surface area is 122 Å². The topological polar surface area (TPSA) is 113 Å². The highest BCUT2D eigenvalue weighted by Gasteiger charge is 2.20. The second-order valence-corrected chi connectivity index (χ2v) is 4.99. The van der Waals surface area contributed by atoms with Gasteiger partial charge in [-0.1, -0.05) is 13.8 Å². The van der Waals surface area contributed by atoms with Crippen molar-refractivity contribution < 1.29 is 4.79 Å². The van der Waals surface area contributed by atoms with E-state index < -0.39 is 0 Å². The Morgan fingerprint density at radius 3 is 2.81 bits per heavy atom. The first-order valence-electron chi connectivity index (χ1n) is 6.60. The molecule has 0 spiro atoms. The molecule has 0 saturated carbocycles. The van der Waals surface area contributed by atoms with Crippen molar-refractivity contribution >= 4 is 11.6 Å². The normalized spacial score (nSPS) is 10.7. The molecule has 2 heterocycles. The number of imidazole rings is 1. The molecule has 0 unspecified atom stereocenters. The van der Waals surface area contributed by atoms with E-state index in [0.29, 0.717) is 23.9 Å². The number of hydrogen-bond acceptors (Lipinski definition) is 6. The third kappa shape index (κ3) is 3.34. The summed E-state index contributed by atoms with van der Waals surface area (Å²) in [6.45, 7) is 4.29. The van der Waals surface area contributed by atoms with E-state index >= 15 is 0 Å². The second-order valence-electron chi connectivity index (χ2n) is 4.99. The van der Waals surface area contributed by atoms with Gasteiger partial charge in [-0.2, -0.15) is 0 Å². The summed E-state index contributed by atoms with van der Waals surface area (Å²) >= 11 is 0. The van der Waals surface area contributed by atoms with Crippen LogP contribution in [0.4, 0.5) is 5.69 Å². The van der Waals surface area contributed by atoms with Gasteiger partial charge in [-0.3, -0.25) is 10.6 Å². The van der Waals surface area contributed by atoms with Gasteiger partial charge in [0.05, 0.1) is 18.4 Å². The number of nitrogens with one attached hydrogen (secondary N) is 2. The van der Waals surface area contributed by atoms with Crippen molar-refractivity contribution in [2.24, 2.45) is 5.84 Å². The number of H-pyrrole nitrogens is 1. The maximum atomic E-state index is 12.5. The Kier molecular flexibility index (Phi) is 4.49. The van der Waals surface area contributed by atoms with Gasteiger partial charge in [0.15, 0.2) is 5.69 Å². The van der Waals surface area contributed by atoms with Crippen molar-refractivity contribution in [3.05, 3.63) is 35.9 Å². The molecule has 8 nitrogen and oxygen atoms in total. The molecule has 0 radical (unpaired) electrons. The van der Waals surface area contributed by atoms with Crippen molar-refractivity contribution in [2.45, 2.75) is 26.3 Å². The van der Waals surface area contributed by atoms with E-state index in [4.69, 9.17) is 5.84 Å². The molecule has 0 aliphatic heterocycles. The number of aromatic nitrogens is 4. The molecular formula is C13H19N7O. The van der Waals surface area contributed by atoms with Crippen LogP contribution >= 0.6 is 0 Å². The summed E-state index contributed by atoms with van der Waals surface area (Å²) in [4.78, 5) is 29.6. The van der Waals surface area contributed by atoms with E-state index in [-0.39, 0.29) is 17.5 Å². The zero-order valence-corrected chi connectivity index (χ0v) is 12.3. The van der Waals surface area contributed by atoms with Gasteiger partial charge in [-0.05, 0) is 0 Å². The summed E-state index contributed by atoms with van der Waals surface area (Å²) in [6.07, 6.45) is 4.88. The minimum Gasteiger partial charge on any atom is -0.347 e. The predicted molar refractivity (Wildman–Crippen MR) is 78.3 cm³/mol. The minimum atomic E-state index is -0.247. The van der Waals surface area contributed by atoms with Crippen LogP contribution in [0.3, 0.4) is 0 Å². The van der Waals surface area contributed by atoms with E-state index in [0.717, 1.165) is 0 Å². The van der Waals surface area contributed by atoms with Gasteiger partial charge in [0.1, 0.15) is 11.6 Å². The average Bonchev–Trinajstić information content (AvgIpc) is 2.98. The number of amides is 1. The lowest BCUT2D eigenvalue weighted by Gasteiger charge is -2.18. The van der Waals surface area contributed by atoms with Crippen LogP contribution in [0.2, 0.25) is 0 Å². The summed E-state index contributed by atoms with van der Waals surface area (Å²) in [5, 5.41) is 0. The highest BCUT2D eigenvalue weighted by atomic mass is 16.2. The SMILES string of the molecule is CC(C)c1ncc(NN)c(C(=O)N(C)Cc2ncc[nH]2)n1. The molecule has 0 saturated heterocycles. The Bertz CT molecular complexity index is 609. The Morgan fingerprint density at radius 2 is 2.24 bits per heavy atom. The number of rotatable bonds is 5. The summed E-state index contributed by atoms with van der Waals surface area (Å²) in [7, 11) is 1.68. The minimum absolute atomic E-state index is 0.124. The molecule has 2 aromatic heterocycles. The van der Waals surface area contributed by atoms with Crippen LogP contribution in [0.15, 0.2) is 18.6 Å². The highest BCUT2D eigenvalue weighted by Crippen LogP contribution is 2.17. The summed E-state index contributed by atoms with van der Waals surface area (Å²) < 4.78 is 0. The number of carbonyl (C=O) groups is 1. The maximum Gasteiger partial charge on any atom is 0.274 e. The van der Waals surface area contributed by atoms with Crippen molar-refractivity contribution in [1.82, 2.24) is 24.8 Å². The average molecular weight is 289 g/mol. The lowest BCUT2D eigenvalue weighted by molar-refractivity contribution is 0.0776. The third-order valence-corrected chi connectivity index (χ3v) is 2.97. The molecule has 112 valence electrons. The maximum absolute atomic E-state index is 12.5. The van der Waals surface area contributed by atoms with E-state index in [1.165, 1.54) is 11.1 Å². The number of hydrazine groups is 1. The van der Waals surface area contributed by atoms with Crippen LogP contribution in [0.1, 0.15) is 41.9 Å². The first-order valence-corrected chi connectivity index (χ1v) is 6.60. The van der Waals surface area contributed by atoms with Gasteiger partial charge in [-0.25, -0.2) is 15.0 Å². The lowest BCUT2D eigenvalue weighted by atomic mass is 10.2. The zero-order chi connectivity index (χ0) is 15.4. The van der Waals surface area contributed by atoms with E-state index in [2.05, 4.69) is 25.4 Å². The molecule has 0 bridgehead atoms. The summed E-state index contributed by atoms with van der Waals surface area (Å²) in [5.41, 5.74) is 3.11. The zero-order valence-electron chi connectivity index (χ0n) is 12.3. The Morgan fingerprint density at radius 1 is 1.48 bits per heavy atom. The molecule has 4 N–H and O–H groups in total. The summed E-state index contributed by atoms with van der Waals surface area (Å²) in [5.74, 6) is 6.61. The first kappa shape index (κ1) is 14.9. The fourth-order valence-electron chi connectivity index (χ4n) is 1.80. The number of nitrogens with two attached hydrogens (primary N) is 1. The highest BCUT2D eigenvalue weighted by molar-refractivity contribution is 5.97. The van der Waals surface area contributed by atoms with Crippen LogP contribution in [-0.4, -0.2) is 37.8 Å². The molecule has 2 aromatic rings. The molecule has 0 aromatic carbocycles. The fourth-order valence-corrected chi connectivity index (χ4v) is 1.80. The second kappa shape index (κ2) is 6.31. The summed E-state index contributed by atoms with van der Waals surface area (Å²) in [6, 6.07) is 0. The number of hydrogen-bond donors (Lipinski definition) is 3. The van der Waals surface area contributed by atoms with Crippen LogP contribution in [0.25, 0.3) is 0 Å². The van der Waals surface area contributed by atoms with Crippen molar-refractivity contribution in [3.63, 3.8) is 0 Å². The van der Waals surface area contributed by atoms with Crippen LogP contribution in [0.5, 0.6) is 0 Å². The lowest BCUT2D eigenvalue weighted by Crippen LogP contribution is -2.29. The third-order valence-electron chi connectivity index (χ3n) is 2.97. The van der Waals surface area contributed by atoms with Gasteiger partial charge in [0, 0.05) is 25.4 Å². The number of nitrogens with zero attached hydrogens (tertiary/aromatic N) is 4. The quantitative estimate of drug-likeness (QED) is 0.556. The van der Waals surface area contributed by atoms with Crippen LogP contribution in [0, 0.1) is 0 Å². The van der Waals surface area contributed by atoms with Crippen molar-refractivity contribution in [3.8, 4) is 0 Å². The van der Waals surface area contributed by atoms with Crippen molar-refractivity contribution in [1.29, 1.82) is 0 Å².